The number of rotatable bonds is 6. The number of benzene rings is 1. The Balaban J connectivity index is 2.11. The molecule has 0 aliphatic heterocycles. The summed E-state index contributed by atoms with van der Waals surface area (Å²) in [6.07, 6.45) is 1.79. The number of carbonyl (C=O) groups excluding carboxylic acids is 1. The quantitative estimate of drug-likeness (QED) is 0.887. The summed E-state index contributed by atoms with van der Waals surface area (Å²) >= 11 is 0. The zero-order valence-electron chi connectivity index (χ0n) is 12.3. The average molecular weight is 289 g/mol. The van der Waals surface area contributed by atoms with E-state index in [9.17, 15) is 9.59 Å². The van der Waals surface area contributed by atoms with Crippen molar-refractivity contribution in [2.45, 2.75) is 26.7 Å². The zero-order valence-corrected chi connectivity index (χ0v) is 12.3. The van der Waals surface area contributed by atoms with Crippen LogP contribution in [0.4, 0.5) is 0 Å². The molecule has 0 bridgehead atoms. The Hall–Kier alpha value is -2.30. The van der Waals surface area contributed by atoms with Crippen molar-refractivity contribution in [3.8, 4) is 0 Å². The summed E-state index contributed by atoms with van der Waals surface area (Å²) in [7, 11) is 0. The number of nitrogens with zero attached hydrogens (tertiary/aromatic N) is 1. The molecule has 0 saturated carbocycles. The van der Waals surface area contributed by atoms with Crippen molar-refractivity contribution in [2.24, 2.45) is 0 Å². The number of amides is 1. The minimum Gasteiger partial charge on any atom is -0.481 e. The molecule has 1 aromatic heterocycles. The standard InChI is InChI=1S/C16H19NO4/c1-3-17(7-6-16(19)20)15(18)9-12-10-21-14-8-11(2)4-5-13(12)14/h4-5,8,10H,3,6-7,9H2,1-2H3,(H,19,20). The maximum Gasteiger partial charge on any atom is 0.305 e. The molecule has 5 nitrogen and oxygen atoms in total. The second-order valence-electron chi connectivity index (χ2n) is 5.05. The average Bonchev–Trinajstić information content (AvgIpc) is 2.81. The molecular formula is C16H19NO4. The fourth-order valence-electron chi connectivity index (χ4n) is 2.29. The summed E-state index contributed by atoms with van der Waals surface area (Å²) in [6.45, 7) is 4.56. The predicted molar refractivity (Wildman–Crippen MR) is 79.2 cm³/mol. The predicted octanol–water partition coefficient (Wildman–Crippen LogP) is 2.61. The molecule has 1 heterocycles. The first-order valence-corrected chi connectivity index (χ1v) is 6.97. The fraction of sp³-hybridized carbons (Fsp3) is 0.375. The molecule has 0 unspecified atom stereocenters. The molecule has 0 aliphatic carbocycles. The van der Waals surface area contributed by atoms with E-state index in [4.69, 9.17) is 9.52 Å². The Labute approximate surface area is 123 Å². The lowest BCUT2D eigenvalue weighted by Crippen LogP contribution is -2.33. The van der Waals surface area contributed by atoms with Crippen LogP contribution in [0.2, 0.25) is 0 Å². The van der Waals surface area contributed by atoms with E-state index >= 15 is 0 Å². The van der Waals surface area contributed by atoms with Crippen molar-refractivity contribution in [3.63, 3.8) is 0 Å². The molecular weight excluding hydrogens is 270 g/mol. The van der Waals surface area contributed by atoms with Gasteiger partial charge in [0.1, 0.15) is 5.58 Å². The van der Waals surface area contributed by atoms with Gasteiger partial charge >= 0.3 is 5.97 Å². The zero-order chi connectivity index (χ0) is 15.4. The normalized spacial score (nSPS) is 10.8. The minimum atomic E-state index is -0.898. The van der Waals surface area contributed by atoms with Crippen molar-refractivity contribution >= 4 is 22.8 Å². The topological polar surface area (TPSA) is 70.8 Å². The SMILES string of the molecule is CCN(CCC(=O)O)C(=O)Cc1coc2cc(C)ccc12. The third kappa shape index (κ3) is 3.62. The van der Waals surface area contributed by atoms with Crippen molar-refractivity contribution in [1.82, 2.24) is 4.90 Å². The Morgan fingerprint density at radius 3 is 2.76 bits per heavy atom. The van der Waals surface area contributed by atoms with Gasteiger partial charge in [-0.25, -0.2) is 0 Å². The van der Waals surface area contributed by atoms with Crippen LogP contribution in [0.5, 0.6) is 0 Å². The molecule has 1 N–H and O–H groups in total. The third-order valence-electron chi connectivity index (χ3n) is 3.48. The summed E-state index contributed by atoms with van der Waals surface area (Å²) in [5.74, 6) is -0.979. The van der Waals surface area contributed by atoms with Gasteiger partial charge in [0, 0.05) is 24.0 Å². The number of hydrogen-bond donors (Lipinski definition) is 1. The highest BCUT2D eigenvalue weighted by atomic mass is 16.4. The van der Waals surface area contributed by atoms with E-state index in [0.717, 1.165) is 22.1 Å². The van der Waals surface area contributed by atoms with Crippen LogP contribution in [0.3, 0.4) is 0 Å². The van der Waals surface area contributed by atoms with E-state index < -0.39 is 5.97 Å². The fourth-order valence-corrected chi connectivity index (χ4v) is 2.29. The maximum atomic E-state index is 12.3. The Morgan fingerprint density at radius 1 is 1.33 bits per heavy atom. The highest BCUT2D eigenvalue weighted by Crippen LogP contribution is 2.23. The van der Waals surface area contributed by atoms with Gasteiger partial charge in [-0.15, -0.1) is 0 Å². The molecule has 0 aliphatic rings. The lowest BCUT2D eigenvalue weighted by atomic mass is 10.1. The molecule has 0 radical (unpaired) electrons. The highest BCUT2D eigenvalue weighted by Gasteiger charge is 2.16. The minimum absolute atomic E-state index is 0.0368. The Kier molecular flexibility index (Phi) is 4.62. The van der Waals surface area contributed by atoms with Crippen molar-refractivity contribution in [1.29, 1.82) is 0 Å². The number of aliphatic carboxylic acids is 1. The van der Waals surface area contributed by atoms with E-state index in [1.54, 1.807) is 11.2 Å². The van der Waals surface area contributed by atoms with Gasteiger partial charge in [-0.3, -0.25) is 9.59 Å². The molecule has 0 atom stereocenters. The second-order valence-corrected chi connectivity index (χ2v) is 5.05. The van der Waals surface area contributed by atoms with Gasteiger partial charge in [0.15, 0.2) is 0 Å². The number of carboxylic acid groups (broad SMARTS) is 1. The molecule has 2 aromatic rings. The first-order chi connectivity index (χ1) is 10.0. The van der Waals surface area contributed by atoms with Gasteiger partial charge in [0.2, 0.25) is 5.91 Å². The van der Waals surface area contributed by atoms with Crippen LogP contribution in [0, 0.1) is 6.92 Å². The summed E-state index contributed by atoms with van der Waals surface area (Å²) in [5, 5.41) is 9.64. The van der Waals surface area contributed by atoms with E-state index in [1.165, 1.54) is 0 Å². The van der Waals surface area contributed by atoms with E-state index in [1.807, 2.05) is 32.0 Å². The van der Waals surface area contributed by atoms with Crippen molar-refractivity contribution in [2.75, 3.05) is 13.1 Å². The lowest BCUT2D eigenvalue weighted by molar-refractivity contribution is -0.138. The van der Waals surface area contributed by atoms with Gasteiger partial charge in [0.25, 0.3) is 0 Å². The lowest BCUT2D eigenvalue weighted by Gasteiger charge is -2.19. The van der Waals surface area contributed by atoms with Gasteiger partial charge < -0.3 is 14.4 Å². The molecule has 5 heteroatoms. The Bertz CT molecular complexity index is 659. The maximum absolute atomic E-state index is 12.3. The third-order valence-corrected chi connectivity index (χ3v) is 3.48. The van der Waals surface area contributed by atoms with E-state index in [0.29, 0.717) is 6.54 Å². The van der Waals surface area contributed by atoms with E-state index in [2.05, 4.69) is 0 Å². The van der Waals surface area contributed by atoms with Crippen LogP contribution < -0.4 is 0 Å². The first-order valence-electron chi connectivity index (χ1n) is 6.97. The summed E-state index contributed by atoms with van der Waals surface area (Å²) in [6, 6.07) is 5.86. The summed E-state index contributed by atoms with van der Waals surface area (Å²) < 4.78 is 5.48. The van der Waals surface area contributed by atoms with Gasteiger partial charge in [-0.1, -0.05) is 12.1 Å². The first kappa shape index (κ1) is 15.1. The van der Waals surface area contributed by atoms with Crippen LogP contribution in [0.1, 0.15) is 24.5 Å². The molecule has 112 valence electrons. The van der Waals surface area contributed by atoms with Gasteiger partial charge in [-0.05, 0) is 25.5 Å². The van der Waals surface area contributed by atoms with Crippen LogP contribution in [0.15, 0.2) is 28.9 Å². The van der Waals surface area contributed by atoms with Crippen LogP contribution in [-0.4, -0.2) is 35.0 Å². The van der Waals surface area contributed by atoms with Crippen LogP contribution in [-0.2, 0) is 16.0 Å². The number of fused-ring (bicyclic) bond motifs is 1. The number of likely N-dealkylation sites (N-methyl/N-ethyl adjacent to an activating group) is 1. The van der Waals surface area contributed by atoms with Gasteiger partial charge in [0.05, 0.1) is 19.1 Å². The molecule has 21 heavy (non-hydrogen) atoms. The second kappa shape index (κ2) is 6.43. The number of carboxylic acids is 1. The van der Waals surface area contributed by atoms with Crippen molar-refractivity contribution in [3.05, 3.63) is 35.6 Å². The molecule has 0 spiro atoms. The number of carbonyl (C=O) groups is 2. The molecule has 2 rings (SSSR count). The molecule has 0 saturated heterocycles. The Morgan fingerprint density at radius 2 is 2.10 bits per heavy atom. The highest BCUT2D eigenvalue weighted by molar-refractivity contribution is 5.88. The van der Waals surface area contributed by atoms with E-state index in [-0.39, 0.29) is 25.3 Å². The molecule has 0 fully saturated rings. The number of hydrogen-bond acceptors (Lipinski definition) is 3. The monoisotopic (exact) mass is 289 g/mol. The van der Waals surface area contributed by atoms with Crippen molar-refractivity contribution < 1.29 is 19.1 Å². The number of furan rings is 1. The summed E-state index contributed by atoms with van der Waals surface area (Å²) in [4.78, 5) is 24.4. The smallest absolute Gasteiger partial charge is 0.305 e. The molecule has 1 amide bonds. The van der Waals surface area contributed by atoms with Gasteiger partial charge in [-0.2, -0.15) is 0 Å². The molecule has 1 aromatic carbocycles. The number of aryl methyl sites for hydroxylation is 1. The summed E-state index contributed by atoms with van der Waals surface area (Å²) in [5.41, 5.74) is 2.71. The largest absolute Gasteiger partial charge is 0.481 e. The van der Waals surface area contributed by atoms with Crippen LogP contribution in [0.25, 0.3) is 11.0 Å². The van der Waals surface area contributed by atoms with Crippen LogP contribution >= 0.6 is 0 Å².